The zero-order chi connectivity index (χ0) is 20.8. The second kappa shape index (κ2) is 7.16. The van der Waals surface area contributed by atoms with Crippen LogP contribution in [0.25, 0.3) is 0 Å². The van der Waals surface area contributed by atoms with Crippen LogP contribution in [0, 0.1) is 0 Å². The van der Waals surface area contributed by atoms with Crippen LogP contribution in [-0.2, 0) is 31.5 Å². The largest absolute Gasteiger partial charge is 0.465 e. The molecule has 152 valence electrons. The molecule has 1 amide bonds. The molecule has 0 atom stereocenters. The van der Waals surface area contributed by atoms with Crippen molar-refractivity contribution in [2.45, 2.75) is 45.2 Å². The van der Waals surface area contributed by atoms with Crippen LogP contribution in [0.2, 0.25) is 0 Å². The number of likely N-dealkylation sites (N-methyl/N-ethyl adjacent to an activating group) is 1. The third-order valence-electron chi connectivity index (χ3n) is 4.42. The lowest BCUT2D eigenvalue weighted by Crippen LogP contribution is -2.55. The van der Waals surface area contributed by atoms with E-state index in [-0.39, 0.29) is 12.1 Å². The molecule has 0 aliphatic carbocycles. The molecule has 0 radical (unpaired) electrons. The molecule has 2 N–H and O–H groups in total. The number of hydrogen-bond acceptors (Lipinski definition) is 7. The van der Waals surface area contributed by atoms with Crippen molar-refractivity contribution in [1.29, 1.82) is 0 Å². The van der Waals surface area contributed by atoms with Gasteiger partial charge in [0.1, 0.15) is 5.00 Å². The van der Waals surface area contributed by atoms with Crippen LogP contribution in [0.5, 0.6) is 0 Å². The monoisotopic (exact) mass is 417 g/mol. The first-order chi connectivity index (χ1) is 12.2. The van der Waals surface area contributed by atoms with E-state index >= 15 is 0 Å². The lowest BCUT2D eigenvalue weighted by molar-refractivity contribution is -0.116. The number of thiophene rings is 1. The molecule has 0 fully saturated rings. The molecule has 1 aromatic rings. The summed E-state index contributed by atoms with van der Waals surface area (Å²) in [4.78, 5) is 25.8. The minimum absolute atomic E-state index is 0.238. The molecule has 0 unspecified atom stereocenters. The van der Waals surface area contributed by atoms with Gasteiger partial charge >= 0.3 is 5.97 Å². The molecule has 1 aliphatic heterocycles. The number of sulfonamides is 1. The maximum Gasteiger partial charge on any atom is 0.341 e. The number of rotatable bonds is 5. The smallest absolute Gasteiger partial charge is 0.341 e. The van der Waals surface area contributed by atoms with Crippen molar-refractivity contribution in [1.82, 2.24) is 9.62 Å². The fourth-order valence-electron chi connectivity index (χ4n) is 3.42. The van der Waals surface area contributed by atoms with Gasteiger partial charge in [-0.2, -0.15) is 4.31 Å². The van der Waals surface area contributed by atoms with Crippen LogP contribution >= 0.6 is 11.3 Å². The topological polar surface area (TPSA) is 105 Å². The predicted molar refractivity (Wildman–Crippen MR) is 106 cm³/mol. The predicted octanol–water partition coefficient (Wildman–Crippen LogP) is 1.52. The van der Waals surface area contributed by atoms with Gasteiger partial charge in [-0.05, 0) is 39.7 Å². The SMILES string of the molecule is COC(=O)c1c(NC(=O)CN(C)S(C)(=O)=O)sc2c1CC(C)(C)NC2(C)C. The Kier molecular flexibility index (Phi) is 5.78. The van der Waals surface area contributed by atoms with Crippen LogP contribution < -0.4 is 10.6 Å². The summed E-state index contributed by atoms with van der Waals surface area (Å²) in [5.74, 6) is -1.04. The van der Waals surface area contributed by atoms with E-state index in [9.17, 15) is 18.0 Å². The summed E-state index contributed by atoms with van der Waals surface area (Å²) >= 11 is 1.31. The highest BCUT2D eigenvalue weighted by Crippen LogP contribution is 2.45. The van der Waals surface area contributed by atoms with E-state index in [2.05, 4.69) is 24.5 Å². The zero-order valence-electron chi connectivity index (χ0n) is 16.7. The Hall–Kier alpha value is -1.49. The van der Waals surface area contributed by atoms with Crippen LogP contribution in [0.1, 0.15) is 48.5 Å². The Morgan fingerprint density at radius 2 is 1.89 bits per heavy atom. The van der Waals surface area contributed by atoms with Crippen LogP contribution in [0.4, 0.5) is 5.00 Å². The quantitative estimate of drug-likeness (QED) is 0.704. The van der Waals surface area contributed by atoms with Gasteiger partial charge in [0.15, 0.2) is 0 Å². The summed E-state index contributed by atoms with van der Waals surface area (Å²) in [7, 11) is -0.860. The number of methoxy groups -OCH3 is 1. The number of hydrogen-bond donors (Lipinski definition) is 2. The highest BCUT2D eigenvalue weighted by molar-refractivity contribution is 7.88. The number of carbonyl (C=O) groups is 2. The molecular weight excluding hydrogens is 390 g/mol. The van der Waals surface area contributed by atoms with Crippen molar-refractivity contribution in [3.05, 3.63) is 16.0 Å². The number of amides is 1. The second-order valence-corrected chi connectivity index (χ2v) is 11.1. The fourth-order valence-corrected chi connectivity index (χ4v) is 5.05. The van der Waals surface area contributed by atoms with Crippen molar-refractivity contribution in [2.75, 3.05) is 32.3 Å². The summed E-state index contributed by atoms with van der Waals surface area (Å²) in [6.07, 6.45) is 1.63. The Balaban J connectivity index is 2.45. The fraction of sp³-hybridized carbons (Fsp3) is 0.647. The van der Waals surface area contributed by atoms with Crippen LogP contribution in [0.3, 0.4) is 0 Å². The summed E-state index contributed by atoms with van der Waals surface area (Å²) in [6, 6.07) is 0. The molecule has 0 saturated heterocycles. The van der Waals surface area contributed by atoms with Crippen molar-refractivity contribution >= 4 is 38.2 Å². The number of esters is 1. The van der Waals surface area contributed by atoms with E-state index in [1.807, 2.05) is 13.8 Å². The summed E-state index contributed by atoms with van der Waals surface area (Å²) in [6.45, 7) is 7.81. The van der Waals surface area contributed by atoms with Gasteiger partial charge in [-0.25, -0.2) is 13.2 Å². The normalized spacial score (nSPS) is 18.1. The molecule has 0 spiro atoms. The van der Waals surface area contributed by atoms with E-state index in [1.165, 1.54) is 25.5 Å². The van der Waals surface area contributed by atoms with Crippen LogP contribution in [-0.4, -0.2) is 57.1 Å². The van der Waals surface area contributed by atoms with E-state index in [0.717, 1.165) is 21.0 Å². The van der Waals surface area contributed by atoms with Gasteiger partial charge in [-0.1, -0.05) is 0 Å². The van der Waals surface area contributed by atoms with Crippen molar-refractivity contribution in [2.24, 2.45) is 0 Å². The van der Waals surface area contributed by atoms with Gasteiger partial charge in [0.25, 0.3) is 0 Å². The first kappa shape index (κ1) is 21.8. The van der Waals surface area contributed by atoms with E-state index in [0.29, 0.717) is 17.0 Å². The molecule has 1 aromatic heterocycles. The molecule has 27 heavy (non-hydrogen) atoms. The molecule has 10 heteroatoms. The lowest BCUT2D eigenvalue weighted by Gasteiger charge is -2.42. The Bertz CT molecular complexity index is 871. The van der Waals surface area contributed by atoms with E-state index in [4.69, 9.17) is 4.74 Å². The molecule has 2 heterocycles. The molecule has 8 nitrogen and oxygen atoms in total. The minimum atomic E-state index is -3.48. The van der Waals surface area contributed by atoms with Crippen LogP contribution in [0.15, 0.2) is 0 Å². The molecule has 1 aliphatic rings. The Morgan fingerprint density at radius 1 is 1.30 bits per heavy atom. The zero-order valence-corrected chi connectivity index (χ0v) is 18.4. The number of ether oxygens (including phenoxy) is 1. The maximum absolute atomic E-state index is 12.5. The number of fused-ring (bicyclic) bond motifs is 1. The first-order valence-corrected chi connectivity index (χ1v) is 11.1. The minimum Gasteiger partial charge on any atom is -0.465 e. The summed E-state index contributed by atoms with van der Waals surface area (Å²) in [5.41, 5.74) is 0.567. The molecular formula is C17H27N3O5S2. The Labute approximate surface area is 164 Å². The van der Waals surface area contributed by atoms with Gasteiger partial charge in [0, 0.05) is 23.0 Å². The van der Waals surface area contributed by atoms with Crippen molar-refractivity contribution in [3.63, 3.8) is 0 Å². The summed E-state index contributed by atoms with van der Waals surface area (Å²) < 4.78 is 28.9. The average molecular weight is 418 g/mol. The van der Waals surface area contributed by atoms with Gasteiger partial charge < -0.3 is 15.4 Å². The van der Waals surface area contributed by atoms with E-state index < -0.39 is 27.4 Å². The molecule has 0 bridgehead atoms. The van der Waals surface area contributed by atoms with Gasteiger partial charge in [0.2, 0.25) is 15.9 Å². The number of nitrogens with one attached hydrogen (secondary N) is 2. The third kappa shape index (κ3) is 4.68. The molecule has 0 aromatic carbocycles. The summed E-state index contributed by atoms with van der Waals surface area (Å²) in [5, 5.41) is 6.63. The lowest BCUT2D eigenvalue weighted by atomic mass is 9.81. The number of nitrogens with zero attached hydrogens (tertiary/aromatic N) is 1. The maximum atomic E-state index is 12.5. The standard InChI is InChI=1S/C17H27N3O5S2/c1-16(2)8-10-12(15(22)25-6)14(26-13(10)17(3,4)19-16)18-11(21)9-20(5)27(7,23)24/h19H,8-9H2,1-7H3,(H,18,21). The second-order valence-electron chi connectivity index (χ2n) is 7.98. The highest BCUT2D eigenvalue weighted by Gasteiger charge is 2.42. The average Bonchev–Trinajstić information content (AvgIpc) is 2.82. The Morgan fingerprint density at radius 3 is 2.41 bits per heavy atom. The van der Waals surface area contributed by atoms with Gasteiger partial charge in [-0.3, -0.25) is 4.79 Å². The highest BCUT2D eigenvalue weighted by atomic mass is 32.2. The van der Waals surface area contributed by atoms with Crippen molar-refractivity contribution in [3.8, 4) is 0 Å². The molecule has 2 rings (SSSR count). The number of anilines is 1. The van der Waals surface area contributed by atoms with E-state index in [1.54, 1.807) is 0 Å². The first-order valence-electron chi connectivity index (χ1n) is 8.43. The third-order valence-corrected chi connectivity index (χ3v) is 7.15. The number of carbonyl (C=O) groups excluding carboxylic acids is 2. The van der Waals surface area contributed by atoms with Gasteiger partial charge in [0.05, 0.1) is 25.5 Å². The van der Waals surface area contributed by atoms with Gasteiger partial charge in [-0.15, -0.1) is 11.3 Å². The van der Waals surface area contributed by atoms with Crippen molar-refractivity contribution < 1.29 is 22.7 Å². The molecule has 0 saturated carbocycles.